The van der Waals surface area contributed by atoms with Gasteiger partial charge in [-0.3, -0.25) is 0 Å². The van der Waals surface area contributed by atoms with Crippen LogP contribution in [0.25, 0.3) is 0 Å². The molecule has 17 heavy (non-hydrogen) atoms. The topological polar surface area (TPSA) is 33.9 Å². The third-order valence-corrected chi connectivity index (χ3v) is 4.49. The van der Waals surface area contributed by atoms with Crippen molar-refractivity contribution in [3.05, 3.63) is 0 Å². The molecular weight excluding hydrogens is 214 g/mol. The lowest BCUT2D eigenvalue weighted by Crippen LogP contribution is -3.25. The number of hydroxylamine groups is 2. The largest absolute Gasteiger partial charge is 0.369 e. The Morgan fingerprint density at radius 3 is 1.71 bits per heavy atom. The Morgan fingerprint density at radius 2 is 1.35 bits per heavy atom. The molecule has 0 saturated carbocycles. The molecule has 0 aromatic rings. The fourth-order valence-corrected chi connectivity index (χ4v) is 4.22. The second-order valence-electron chi connectivity index (χ2n) is 8.01. The highest BCUT2D eigenvalue weighted by Gasteiger charge is 2.59. The van der Waals surface area contributed by atoms with Crippen LogP contribution in [0.5, 0.6) is 0 Å². The SMILES string of the molecule is CC1(C)CCC2(CC(C)(C)[NH+](O)C(C)(C)C2)O1. The number of rotatable bonds is 0. The monoisotopic (exact) mass is 242 g/mol. The smallest absolute Gasteiger partial charge is 0.125 e. The molecule has 0 bridgehead atoms. The minimum atomic E-state index is -0.137. The van der Waals surface area contributed by atoms with Gasteiger partial charge in [-0.05, 0) is 54.4 Å². The van der Waals surface area contributed by atoms with E-state index in [4.69, 9.17) is 4.74 Å². The number of nitrogens with one attached hydrogen (secondary N) is 1. The Hall–Kier alpha value is -0.120. The lowest BCUT2D eigenvalue weighted by atomic mass is 9.71. The minimum Gasteiger partial charge on any atom is -0.369 e. The summed E-state index contributed by atoms with van der Waals surface area (Å²) in [4.78, 5) is 0. The van der Waals surface area contributed by atoms with E-state index in [-0.39, 0.29) is 22.3 Å². The number of ether oxygens (including phenoxy) is 1. The van der Waals surface area contributed by atoms with Crippen molar-refractivity contribution in [2.24, 2.45) is 0 Å². The van der Waals surface area contributed by atoms with Crippen LogP contribution in [0.2, 0.25) is 0 Å². The van der Waals surface area contributed by atoms with Crippen LogP contribution in [0.1, 0.15) is 67.2 Å². The predicted octanol–water partition coefficient (Wildman–Crippen LogP) is 1.94. The van der Waals surface area contributed by atoms with Crippen LogP contribution in [-0.2, 0) is 4.74 Å². The molecule has 100 valence electrons. The normalized spacial score (nSPS) is 34.1. The summed E-state index contributed by atoms with van der Waals surface area (Å²) < 4.78 is 6.37. The maximum atomic E-state index is 10.4. The zero-order chi connectivity index (χ0) is 13.1. The van der Waals surface area contributed by atoms with E-state index < -0.39 is 0 Å². The Morgan fingerprint density at radius 1 is 0.882 bits per heavy atom. The molecule has 0 aromatic heterocycles. The molecule has 3 heteroatoms. The second-order valence-corrected chi connectivity index (χ2v) is 8.01. The zero-order valence-corrected chi connectivity index (χ0v) is 12.2. The van der Waals surface area contributed by atoms with Gasteiger partial charge in [0.25, 0.3) is 0 Å². The molecule has 2 saturated heterocycles. The summed E-state index contributed by atoms with van der Waals surface area (Å²) >= 11 is 0. The highest BCUT2D eigenvalue weighted by Crippen LogP contribution is 2.47. The molecule has 0 amide bonds. The van der Waals surface area contributed by atoms with Gasteiger partial charge in [-0.15, -0.1) is 0 Å². The van der Waals surface area contributed by atoms with Gasteiger partial charge in [-0.1, -0.05) is 0 Å². The molecule has 0 atom stereocenters. The third kappa shape index (κ3) is 2.25. The molecule has 2 aliphatic heterocycles. The summed E-state index contributed by atoms with van der Waals surface area (Å²) in [5.41, 5.74) is -0.299. The molecule has 2 heterocycles. The highest BCUT2D eigenvalue weighted by molar-refractivity contribution is 5.02. The van der Waals surface area contributed by atoms with E-state index in [2.05, 4.69) is 41.5 Å². The molecule has 2 N–H and O–H groups in total. The number of hydrogen-bond acceptors (Lipinski definition) is 2. The summed E-state index contributed by atoms with van der Waals surface area (Å²) in [6.45, 7) is 12.9. The van der Waals surface area contributed by atoms with Gasteiger partial charge in [-0.2, -0.15) is 5.06 Å². The molecular formula is C14H28NO2+. The van der Waals surface area contributed by atoms with Gasteiger partial charge >= 0.3 is 0 Å². The van der Waals surface area contributed by atoms with Gasteiger partial charge in [0.1, 0.15) is 11.1 Å². The Balaban J connectivity index is 2.28. The van der Waals surface area contributed by atoms with Crippen LogP contribution < -0.4 is 5.06 Å². The molecule has 3 nitrogen and oxygen atoms in total. The van der Waals surface area contributed by atoms with Gasteiger partial charge in [0.05, 0.1) is 11.2 Å². The van der Waals surface area contributed by atoms with Gasteiger partial charge in [0, 0.05) is 12.8 Å². The van der Waals surface area contributed by atoms with E-state index in [9.17, 15) is 5.21 Å². The van der Waals surface area contributed by atoms with Crippen molar-refractivity contribution in [3.8, 4) is 0 Å². The third-order valence-electron chi connectivity index (χ3n) is 4.49. The maximum Gasteiger partial charge on any atom is 0.125 e. The van der Waals surface area contributed by atoms with Gasteiger partial charge in [0.2, 0.25) is 0 Å². The van der Waals surface area contributed by atoms with Crippen molar-refractivity contribution >= 4 is 0 Å². The molecule has 2 rings (SSSR count). The quantitative estimate of drug-likeness (QED) is 0.681. The van der Waals surface area contributed by atoms with Crippen molar-refractivity contribution in [2.75, 3.05) is 0 Å². The average Bonchev–Trinajstić information content (AvgIpc) is 2.36. The summed E-state index contributed by atoms with van der Waals surface area (Å²) in [6.07, 6.45) is 4.14. The standard InChI is InChI=1S/C14H27NO2/c1-11(2)9-14(8-7-13(5,6)17-14)10-12(3,4)15(11)16/h16H,7-10H2,1-6H3/p+1. The second kappa shape index (κ2) is 3.46. The lowest BCUT2D eigenvalue weighted by molar-refractivity contribution is -1.16. The molecule has 0 radical (unpaired) electrons. The lowest BCUT2D eigenvalue weighted by Gasteiger charge is -2.51. The molecule has 0 aliphatic carbocycles. The number of hydrogen-bond donors (Lipinski definition) is 2. The highest BCUT2D eigenvalue weighted by atomic mass is 16.5. The predicted molar refractivity (Wildman–Crippen MR) is 67.3 cm³/mol. The summed E-state index contributed by atoms with van der Waals surface area (Å²) in [7, 11) is 0. The summed E-state index contributed by atoms with van der Waals surface area (Å²) in [6, 6.07) is 0. The first-order valence-electron chi connectivity index (χ1n) is 6.75. The van der Waals surface area contributed by atoms with E-state index >= 15 is 0 Å². The molecule has 2 aliphatic rings. The fourth-order valence-electron chi connectivity index (χ4n) is 4.22. The number of piperidine rings is 1. The summed E-state index contributed by atoms with van der Waals surface area (Å²) in [5, 5.41) is 11.0. The van der Waals surface area contributed by atoms with Crippen LogP contribution in [0.15, 0.2) is 0 Å². The van der Waals surface area contributed by atoms with Crippen molar-refractivity contribution in [1.82, 2.24) is 0 Å². The van der Waals surface area contributed by atoms with E-state index in [1.807, 2.05) is 0 Å². The number of quaternary nitrogens is 1. The van der Waals surface area contributed by atoms with E-state index in [1.165, 1.54) is 0 Å². The van der Waals surface area contributed by atoms with Gasteiger partial charge in [0.15, 0.2) is 0 Å². The van der Waals surface area contributed by atoms with E-state index in [1.54, 1.807) is 0 Å². The fraction of sp³-hybridized carbons (Fsp3) is 1.00. The van der Waals surface area contributed by atoms with Crippen LogP contribution in [0, 0.1) is 0 Å². The maximum absolute atomic E-state index is 10.4. The van der Waals surface area contributed by atoms with Gasteiger partial charge in [-0.25, -0.2) is 5.21 Å². The van der Waals surface area contributed by atoms with Crippen LogP contribution in [0.3, 0.4) is 0 Å². The Kier molecular flexibility index (Phi) is 2.71. The Bertz CT molecular complexity index is 302. The molecule has 1 spiro atoms. The van der Waals surface area contributed by atoms with Crippen LogP contribution in [-0.4, -0.2) is 27.5 Å². The van der Waals surface area contributed by atoms with E-state index in [0.717, 1.165) is 25.7 Å². The van der Waals surface area contributed by atoms with E-state index in [0.29, 0.717) is 5.06 Å². The van der Waals surface area contributed by atoms with Crippen molar-refractivity contribution in [2.45, 2.75) is 89.5 Å². The first-order chi connectivity index (χ1) is 7.48. The molecule has 0 unspecified atom stereocenters. The Labute approximate surface area is 105 Å². The average molecular weight is 242 g/mol. The first kappa shape index (κ1) is 13.3. The summed E-state index contributed by atoms with van der Waals surface area (Å²) in [5.74, 6) is 0. The zero-order valence-electron chi connectivity index (χ0n) is 12.2. The van der Waals surface area contributed by atoms with Crippen molar-refractivity contribution in [1.29, 1.82) is 0 Å². The van der Waals surface area contributed by atoms with Crippen molar-refractivity contribution < 1.29 is 15.0 Å². The molecule has 2 fully saturated rings. The molecule has 0 aromatic carbocycles. The minimum absolute atomic E-state index is 0.000874. The van der Waals surface area contributed by atoms with Crippen LogP contribution >= 0.6 is 0 Å². The van der Waals surface area contributed by atoms with Crippen LogP contribution in [0.4, 0.5) is 0 Å². The first-order valence-corrected chi connectivity index (χ1v) is 6.75. The van der Waals surface area contributed by atoms with Gasteiger partial charge < -0.3 is 4.74 Å². The van der Waals surface area contributed by atoms with Crippen molar-refractivity contribution in [3.63, 3.8) is 0 Å².